The molecule has 0 saturated carbocycles. The number of hydrogen-bond donors (Lipinski definition) is 0. The molecule has 4 nitrogen and oxygen atoms in total. The molecule has 47 heavy (non-hydrogen) atoms. The van der Waals surface area contributed by atoms with Crippen molar-refractivity contribution in [3.8, 4) is 0 Å². The molecule has 0 N–H and O–H groups in total. The van der Waals surface area contributed by atoms with Crippen LogP contribution < -0.4 is 0 Å². The molecule has 1 aliphatic rings. The van der Waals surface area contributed by atoms with Crippen molar-refractivity contribution in [3.63, 3.8) is 0 Å². The zero-order valence-corrected chi connectivity index (χ0v) is 34.4. The highest BCUT2D eigenvalue weighted by molar-refractivity contribution is 6.48. The summed E-state index contributed by atoms with van der Waals surface area (Å²) >= 11 is 0. The molecule has 3 atom stereocenters. The van der Waals surface area contributed by atoms with Crippen molar-refractivity contribution in [2.75, 3.05) is 6.61 Å². The van der Waals surface area contributed by atoms with Crippen LogP contribution in [0.1, 0.15) is 140 Å². The standard InChI is InChI=1S/C41H68O4Si2/c1-39(2,3)37(44-46(9)10)34-27-26-33(30-35(34)38(40(4,5)6)45-47(11)12)25-24-32-22-20-31(21-23-32)18-14-13-16-28-41(7,8)43-36-19-15-17-29-42-36/h20-27,30,36-38,46-47H,13-19,28-29H2,1-12H3. The SMILES string of the molecule is C[SiH](C)OC(c1ccc(C=Cc2ccc(CCCCCC(C)(C)OC3CCCCO3)cc2)cc1C(O[SiH](C)C)C(C)(C)C)C(C)(C)C. The van der Waals surface area contributed by atoms with E-state index in [-0.39, 0.29) is 34.9 Å². The fraction of sp³-hybridized carbons (Fsp3) is 0.659. The Hall–Kier alpha value is -1.55. The molecule has 0 aliphatic carbocycles. The normalized spacial score (nSPS) is 18.0. The average Bonchev–Trinajstić information content (AvgIpc) is 2.97. The third-order valence-corrected chi connectivity index (χ3v) is 10.5. The number of aryl methyl sites for hydroxylation is 1. The van der Waals surface area contributed by atoms with Crippen LogP contribution in [0.3, 0.4) is 0 Å². The van der Waals surface area contributed by atoms with E-state index in [0.29, 0.717) is 0 Å². The van der Waals surface area contributed by atoms with E-state index < -0.39 is 18.1 Å². The van der Waals surface area contributed by atoms with Crippen LogP contribution >= 0.6 is 0 Å². The topological polar surface area (TPSA) is 36.9 Å². The molecule has 1 aliphatic heterocycles. The van der Waals surface area contributed by atoms with Crippen LogP contribution in [-0.2, 0) is 24.7 Å². The Morgan fingerprint density at radius 1 is 0.723 bits per heavy atom. The van der Waals surface area contributed by atoms with Crippen LogP contribution in [0, 0.1) is 10.8 Å². The minimum Gasteiger partial charge on any atom is -0.413 e. The summed E-state index contributed by atoms with van der Waals surface area (Å²) in [4.78, 5) is 0. The molecule has 2 aromatic carbocycles. The maximum absolute atomic E-state index is 6.79. The Morgan fingerprint density at radius 3 is 1.85 bits per heavy atom. The van der Waals surface area contributed by atoms with Gasteiger partial charge in [0.25, 0.3) is 0 Å². The van der Waals surface area contributed by atoms with Gasteiger partial charge in [-0.15, -0.1) is 0 Å². The van der Waals surface area contributed by atoms with Gasteiger partial charge in [-0.1, -0.05) is 103 Å². The van der Waals surface area contributed by atoms with Gasteiger partial charge in [-0.25, -0.2) is 0 Å². The number of rotatable bonds is 16. The monoisotopic (exact) mass is 680 g/mol. The summed E-state index contributed by atoms with van der Waals surface area (Å²) in [6.07, 6.45) is 13.7. The van der Waals surface area contributed by atoms with Gasteiger partial charge < -0.3 is 18.3 Å². The minimum atomic E-state index is -1.30. The lowest BCUT2D eigenvalue weighted by atomic mass is 9.77. The molecular formula is C41H68O4Si2. The molecule has 0 spiro atoms. The Balaban J connectivity index is 1.68. The maximum Gasteiger partial charge on any atom is 0.171 e. The lowest BCUT2D eigenvalue weighted by Crippen LogP contribution is -2.34. The molecule has 2 aromatic rings. The van der Waals surface area contributed by atoms with Gasteiger partial charge in [0, 0.05) is 6.61 Å². The molecule has 1 heterocycles. The minimum absolute atomic E-state index is 0.0139. The highest BCUT2D eigenvalue weighted by Crippen LogP contribution is 2.45. The number of benzene rings is 2. The van der Waals surface area contributed by atoms with E-state index >= 15 is 0 Å². The number of unbranched alkanes of at least 4 members (excludes halogenated alkanes) is 2. The smallest absolute Gasteiger partial charge is 0.171 e. The van der Waals surface area contributed by atoms with Crippen LogP contribution in [0.15, 0.2) is 42.5 Å². The Kier molecular flexibility index (Phi) is 15.2. The Labute approximate surface area is 292 Å². The van der Waals surface area contributed by atoms with E-state index in [0.717, 1.165) is 32.3 Å². The summed E-state index contributed by atoms with van der Waals surface area (Å²) in [5, 5.41) is 0. The third kappa shape index (κ3) is 13.7. The molecule has 0 radical (unpaired) electrons. The Bertz CT molecular complexity index is 1230. The maximum atomic E-state index is 6.79. The van der Waals surface area contributed by atoms with Crippen LogP contribution in [0.25, 0.3) is 12.2 Å². The first-order valence-corrected chi connectivity index (χ1v) is 24.0. The molecule has 6 heteroatoms. The average molecular weight is 681 g/mol. The molecule has 264 valence electrons. The van der Waals surface area contributed by atoms with Gasteiger partial charge in [-0.05, 0) is 123 Å². The van der Waals surface area contributed by atoms with Crippen molar-refractivity contribution < 1.29 is 18.3 Å². The third-order valence-electron chi connectivity index (χ3n) is 8.85. The predicted octanol–water partition coefficient (Wildman–Crippen LogP) is 11.5. The van der Waals surface area contributed by atoms with Gasteiger partial charge in [-0.2, -0.15) is 0 Å². The van der Waals surface area contributed by atoms with Gasteiger partial charge in [0.1, 0.15) is 0 Å². The summed E-state index contributed by atoms with van der Waals surface area (Å²) in [6.45, 7) is 28.1. The fourth-order valence-corrected chi connectivity index (χ4v) is 8.66. The highest BCUT2D eigenvalue weighted by atomic mass is 28.3. The molecule has 1 fully saturated rings. The second-order valence-electron chi connectivity index (χ2n) is 17.1. The lowest BCUT2D eigenvalue weighted by molar-refractivity contribution is -0.217. The van der Waals surface area contributed by atoms with Gasteiger partial charge in [-0.3, -0.25) is 0 Å². The summed E-state index contributed by atoms with van der Waals surface area (Å²) in [5.41, 5.74) is 6.23. The first-order chi connectivity index (χ1) is 21.9. The second-order valence-corrected chi connectivity index (χ2v) is 21.8. The van der Waals surface area contributed by atoms with Crippen molar-refractivity contribution in [1.82, 2.24) is 0 Å². The number of hydrogen-bond acceptors (Lipinski definition) is 4. The quantitative estimate of drug-likeness (QED) is 0.100. The van der Waals surface area contributed by atoms with Crippen molar-refractivity contribution in [1.29, 1.82) is 0 Å². The van der Waals surface area contributed by atoms with Crippen molar-refractivity contribution in [3.05, 3.63) is 70.3 Å². The van der Waals surface area contributed by atoms with E-state index in [1.165, 1.54) is 53.5 Å². The zero-order valence-electron chi connectivity index (χ0n) is 32.1. The van der Waals surface area contributed by atoms with Crippen LogP contribution in [0.2, 0.25) is 26.2 Å². The molecule has 3 unspecified atom stereocenters. The molecule has 1 saturated heterocycles. The van der Waals surface area contributed by atoms with E-state index in [2.05, 4.69) is 136 Å². The number of ether oxygens (including phenoxy) is 2. The van der Waals surface area contributed by atoms with Gasteiger partial charge in [0.15, 0.2) is 24.4 Å². The summed E-state index contributed by atoms with van der Waals surface area (Å²) in [5.74, 6) is 0. The van der Waals surface area contributed by atoms with E-state index in [1.807, 2.05) is 0 Å². The van der Waals surface area contributed by atoms with Crippen molar-refractivity contribution in [2.24, 2.45) is 10.8 Å². The van der Waals surface area contributed by atoms with Gasteiger partial charge in [0.2, 0.25) is 0 Å². The highest BCUT2D eigenvalue weighted by Gasteiger charge is 2.36. The largest absolute Gasteiger partial charge is 0.413 e. The first-order valence-electron chi connectivity index (χ1n) is 18.5. The fourth-order valence-electron chi connectivity index (χ4n) is 6.46. The van der Waals surface area contributed by atoms with Crippen molar-refractivity contribution >= 4 is 30.2 Å². The summed E-state index contributed by atoms with van der Waals surface area (Å²) in [6, 6.07) is 16.0. The summed E-state index contributed by atoms with van der Waals surface area (Å²) < 4.78 is 25.6. The van der Waals surface area contributed by atoms with Crippen LogP contribution in [0.5, 0.6) is 0 Å². The summed E-state index contributed by atoms with van der Waals surface area (Å²) in [7, 11) is -2.57. The van der Waals surface area contributed by atoms with Crippen molar-refractivity contribution in [2.45, 2.75) is 157 Å². The predicted molar refractivity (Wildman–Crippen MR) is 207 cm³/mol. The molecule has 3 rings (SSSR count). The van der Waals surface area contributed by atoms with Crippen LogP contribution in [-0.4, -0.2) is 36.6 Å². The Morgan fingerprint density at radius 2 is 1.30 bits per heavy atom. The van der Waals surface area contributed by atoms with E-state index in [9.17, 15) is 0 Å². The van der Waals surface area contributed by atoms with Gasteiger partial charge >= 0.3 is 0 Å². The van der Waals surface area contributed by atoms with Gasteiger partial charge in [0.05, 0.1) is 17.8 Å². The van der Waals surface area contributed by atoms with E-state index in [4.69, 9.17) is 18.3 Å². The van der Waals surface area contributed by atoms with Crippen LogP contribution in [0.4, 0.5) is 0 Å². The van der Waals surface area contributed by atoms with E-state index in [1.54, 1.807) is 0 Å². The first kappa shape index (κ1) is 39.9. The zero-order chi connectivity index (χ0) is 34.8. The molecule has 0 bridgehead atoms. The lowest BCUT2D eigenvalue weighted by Gasteiger charge is -2.39. The molecular weight excluding hydrogens is 613 g/mol. The molecule has 0 aromatic heterocycles. The second kappa shape index (κ2) is 17.9. The molecule has 0 amide bonds.